The summed E-state index contributed by atoms with van der Waals surface area (Å²) in [6, 6.07) is 5.97. The van der Waals surface area contributed by atoms with Crippen LogP contribution in [0.5, 0.6) is 0 Å². The van der Waals surface area contributed by atoms with Crippen LogP contribution in [0.15, 0.2) is 24.3 Å². The van der Waals surface area contributed by atoms with Crippen LogP contribution in [0.2, 0.25) is 0 Å². The van der Waals surface area contributed by atoms with Crippen molar-refractivity contribution in [2.24, 2.45) is 7.05 Å². The molecule has 6 heteroatoms. The van der Waals surface area contributed by atoms with E-state index in [2.05, 4.69) is 10.1 Å². The van der Waals surface area contributed by atoms with Gasteiger partial charge in [0.15, 0.2) is 0 Å². The highest BCUT2D eigenvalue weighted by Gasteiger charge is 2.17. The summed E-state index contributed by atoms with van der Waals surface area (Å²) in [4.78, 5) is 14.2. The van der Waals surface area contributed by atoms with Gasteiger partial charge in [0.2, 0.25) is 0 Å². The number of halogens is 1. The lowest BCUT2D eigenvalue weighted by Gasteiger charge is -1.96. The summed E-state index contributed by atoms with van der Waals surface area (Å²) in [5, 5.41) is 14.1. The maximum Gasteiger partial charge on any atom is 0.354 e. The summed E-state index contributed by atoms with van der Waals surface area (Å²) >= 11 is 0. The molecule has 0 saturated carbocycles. The molecule has 0 spiro atoms. The molecule has 0 radical (unpaired) electrons. The molecule has 0 unspecified atom stereocenters. The van der Waals surface area contributed by atoms with Gasteiger partial charge < -0.3 is 10.1 Å². The molecule has 0 atom stereocenters. The van der Waals surface area contributed by atoms with Gasteiger partial charge in [0.1, 0.15) is 11.5 Å². The Morgan fingerprint density at radius 3 is 2.80 bits per heavy atom. The van der Waals surface area contributed by atoms with E-state index >= 15 is 0 Å². The van der Waals surface area contributed by atoms with Crippen molar-refractivity contribution in [2.45, 2.75) is 6.92 Å². The van der Waals surface area contributed by atoms with E-state index < -0.39 is 5.97 Å². The number of carboxylic acids is 1. The number of nitrogens with one attached hydrogen (secondary N) is 1. The molecule has 102 valence electrons. The Kier molecular flexibility index (Phi) is 2.60. The molecule has 0 bridgehead atoms. The van der Waals surface area contributed by atoms with Crippen molar-refractivity contribution in [1.82, 2.24) is 14.8 Å². The Labute approximate surface area is 113 Å². The molecule has 0 aliphatic carbocycles. The van der Waals surface area contributed by atoms with Crippen LogP contribution in [0.3, 0.4) is 0 Å². The van der Waals surface area contributed by atoms with Crippen LogP contribution >= 0.6 is 0 Å². The molecule has 0 saturated heterocycles. The van der Waals surface area contributed by atoms with Gasteiger partial charge in [-0.15, -0.1) is 0 Å². The van der Waals surface area contributed by atoms with E-state index in [-0.39, 0.29) is 11.5 Å². The maximum atomic E-state index is 13.2. The molecule has 1 aromatic carbocycles. The Hall–Kier alpha value is -2.63. The summed E-state index contributed by atoms with van der Waals surface area (Å²) < 4.78 is 14.6. The average Bonchev–Trinajstić information content (AvgIpc) is 2.88. The van der Waals surface area contributed by atoms with E-state index in [1.165, 1.54) is 22.9 Å². The lowest BCUT2D eigenvalue weighted by molar-refractivity contribution is 0.0685. The van der Waals surface area contributed by atoms with Crippen molar-refractivity contribution in [1.29, 1.82) is 0 Å². The van der Waals surface area contributed by atoms with Gasteiger partial charge in [0.25, 0.3) is 0 Å². The largest absolute Gasteiger partial charge is 0.477 e. The number of benzene rings is 1. The zero-order chi connectivity index (χ0) is 14.4. The first-order valence-corrected chi connectivity index (χ1v) is 6.03. The topological polar surface area (TPSA) is 70.9 Å². The Morgan fingerprint density at radius 2 is 2.15 bits per heavy atom. The maximum absolute atomic E-state index is 13.2. The zero-order valence-corrected chi connectivity index (χ0v) is 10.9. The van der Waals surface area contributed by atoms with Crippen molar-refractivity contribution < 1.29 is 14.3 Å². The average molecular weight is 273 g/mol. The molecule has 0 aliphatic rings. The van der Waals surface area contributed by atoms with Crippen molar-refractivity contribution in [2.75, 3.05) is 0 Å². The van der Waals surface area contributed by atoms with E-state index in [1.54, 1.807) is 13.1 Å². The van der Waals surface area contributed by atoms with Gasteiger partial charge in [-0.05, 0) is 31.2 Å². The summed E-state index contributed by atoms with van der Waals surface area (Å²) in [7, 11) is 1.58. The van der Waals surface area contributed by atoms with Gasteiger partial charge >= 0.3 is 5.97 Å². The molecule has 2 heterocycles. The first-order chi connectivity index (χ1) is 9.47. The normalized spacial score (nSPS) is 11.2. The van der Waals surface area contributed by atoms with Crippen LogP contribution in [-0.4, -0.2) is 25.8 Å². The first kappa shape index (κ1) is 12.4. The Bertz CT molecular complexity index is 832. The number of aromatic amines is 1. The molecule has 0 fully saturated rings. The van der Waals surface area contributed by atoms with Crippen molar-refractivity contribution >= 4 is 16.9 Å². The van der Waals surface area contributed by atoms with Crippen LogP contribution < -0.4 is 0 Å². The molecular formula is C14H12FN3O2. The molecule has 0 aliphatic heterocycles. The van der Waals surface area contributed by atoms with Crippen LogP contribution in [0, 0.1) is 12.7 Å². The van der Waals surface area contributed by atoms with Gasteiger partial charge in [-0.3, -0.25) is 4.68 Å². The Morgan fingerprint density at radius 1 is 1.40 bits per heavy atom. The smallest absolute Gasteiger partial charge is 0.354 e. The number of aromatic carboxylic acids is 1. The zero-order valence-electron chi connectivity index (χ0n) is 10.9. The third-order valence-corrected chi connectivity index (χ3v) is 3.30. The number of aromatic nitrogens is 3. The highest BCUT2D eigenvalue weighted by Crippen LogP contribution is 2.31. The first-order valence-electron chi connectivity index (χ1n) is 6.03. The third-order valence-electron chi connectivity index (χ3n) is 3.30. The highest BCUT2D eigenvalue weighted by atomic mass is 19.1. The lowest BCUT2D eigenvalue weighted by Crippen LogP contribution is -2.04. The van der Waals surface area contributed by atoms with Gasteiger partial charge in [-0.1, -0.05) is 0 Å². The third kappa shape index (κ3) is 1.77. The molecule has 3 rings (SSSR count). The van der Waals surface area contributed by atoms with Crippen molar-refractivity contribution in [3.05, 3.63) is 41.5 Å². The minimum atomic E-state index is -1.03. The summed E-state index contributed by atoms with van der Waals surface area (Å²) in [6.45, 7) is 1.85. The number of carboxylic acid groups (broad SMARTS) is 1. The number of H-pyrrole nitrogens is 1. The van der Waals surface area contributed by atoms with E-state index in [0.29, 0.717) is 11.2 Å². The van der Waals surface area contributed by atoms with Crippen LogP contribution in [-0.2, 0) is 7.05 Å². The van der Waals surface area contributed by atoms with Gasteiger partial charge in [0.05, 0.1) is 5.69 Å². The lowest BCUT2D eigenvalue weighted by atomic mass is 10.1. The van der Waals surface area contributed by atoms with Gasteiger partial charge in [-0.2, -0.15) is 5.10 Å². The van der Waals surface area contributed by atoms with Crippen LogP contribution in [0.1, 0.15) is 16.2 Å². The predicted molar refractivity (Wildman–Crippen MR) is 72.2 cm³/mol. The number of hydrogen-bond donors (Lipinski definition) is 2. The number of nitrogens with zero attached hydrogens (tertiary/aromatic N) is 2. The minimum Gasteiger partial charge on any atom is -0.477 e. The number of fused-ring (bicyclic) bond motifs is 1. The van der Waals surface area contributed by atoms with Gasteiger partial charge in [-0.25, -0.2) is 9.18 Å². The Balaban J connectivity index is 2.26. The fourth-order valence-corrected chi connectivity index (χ4v) is 2.42. The second kappa shape index (κ2) is 4.19. The monoisotopic (exact) mass is 273 g/mol. The van der Waals surface area contributed by atoms with Crippen molar-refractivity contribution in [3.63, 3.8) is 0 Å². The molecule has 3 aromatic rings. The van der Waals surface area contributed by atoms with E-state index in [0.717, 1.165) is 16.6 Å². The van der Waals surface area contributed by atoms with Crippen LogP contribution in [0.4, 0.5) is 4.39 Å². The fourth-order valence-electron chi connectivity index (χ4n) is 2.42. The fraction of sp³-hybridized carbons (Fsp3) is 0.143. The SMILES string of the molecule is Cc1[nH]c2cc(F)ccc2c1-c1cc(C(=O)O)n(C)n1. The summed E-state index contributed by atoms with van der Waals surface area (Å²) in [6.07, 6.45) is 0. The van der Waals surface area contributed by atoms with Crippen molar-refractivity contribution in [3.8, 4) is 11.3 Å². The molecule has 0 amide bonds. The summed E-state index contributed by atoms with van der Waals surface area (Å²) in [5.41, 5.74) is 2.94. The molecule has 20 heavy (non-hydrogen) atoms. The van der Waals surface area contributed by atoms with E-state index in [4.69, 9.17) is 5.11 Å². The van der Waals surface area contributed by atoms with Crippen LogP contribution in [0.25, 0.3) is 22.2 Å². The molecule has 5 nitrogen and oxygen atoms in total. The minimum absolute atomic E-state index is 0.107. The quantitative estimate of drug-likeness (QED) is 0.754. The van der Waals surface area contributed by atoms with E-state index in [1.807, 2.05) is 6.92 Å². The molecular weight excluding hydrogens is 261 g/mol. The standard InChI is InChI=1S/C14H12FN3O2/c1-7-13(9-4-3-8(15)5-10(9)16-7)11-6-12(14(19)20)18(2)17-11/h3-6,16H,1-2H3,(H,19,20). The molecule has 2 aromatic heterocycles. The highest BCUT2D eigenvalue weighted by molar-refractivity contribution is 5.97. The second-order valence-electron chi connectivity index (χ2n) is 4.66. The molecule has 2 N–H and O–H groups in total. The summed E-state index contributed by atoms with van der Waals surface area (Å²) in [5.74, 6) is -1.35. The number of carbonyl (C=O) groups is 1. The van der Waals surface area contributed by atoms with E-state index in [9.17, 15) is 9.18 Å². The number of aryl methyl sites for hydroxylation is 2. The second-order valence-corrected chi connectivity index (χ2v) is 4.66. The number of rotatable bonds is 2. The number of hydrogen-bond acceptors (Lipinski definition) is 2. The predicted octanol–water partition coefficient (Wildman–Crippen LogP) is 2.71. The van der Waals surface area contributed by atoms with Gasteiger partial charge in [0, 0.05) is 29.2 Å².